The van der Waals surface area contributed by atoms with Gasteiger partial charge in [0, 0.05) is 11.2 Å². The monoisotopic (exact) mass is 304 g/mol. The van der Waals surface area contributed by atoms with Crippen LogP contribution in [0.5, 0.6) is 0 Å². The van der Waals surface area contributed by atoms with Gasteiger partial charge in [-0.3, -0.25) is 0 Å². The molecule has 0 aliphatic heterocycles. The highest BCUT2D eigenvalue weighted by atomic mass is 35.5. The summed E-state index contributed by atoms with van der Waals surface area (Å²) in [5.41, 5.74) is 0.961. The summed E-state index contributed by atoms with van der Waals surface area (Å²) in [6.45, 7) is 0.550. The SMILES string of the molecule is Clc1ccc(/C=N/c2nnc(Cn3cncn3)s2)cc1. The minimum Gasteiger partial charge on any atom is -0.246 e. The van der Waals surface area contributed by atoms with Gasteiger partial charge in [0.15, 0.2) is 0 Å². The van der Waals surface area contributed by atoms with Crippen molar-refractivity contribution in [3.05, 3.63) is 52.5 Å². The molecule has 100 valence electrons. The molecule has 1 aromatic carbocycles. The molecule has 2 heterocycles. The van der Waals surface area contributed by atoms with Crippen LogP contribution in [-0.4, -0.2) is 31.2 Å². The highest BCUT2D eigenvalue weighted by Gasteiger charge is 2.03. The number of halogens is 1. The molecule has 2 aromatic heterocycles. The Labute approximate surface area is 123 Å². The summed E-state index contributed by atoms with van der Waals surface area (Å²) in [6.07, 6.45) is 4.86. The van der Waals surface area contributed by atoms with Crippen molar-refractivity contribution < 1.29 is 0 Å². The van der Waals surface area contributed by atoms with Crippen molar-refractivity contribution in [3.8, 4) is 0 Å². The quantitative estimate of drug-likeness (QED) is 0.695. The van der Waals surface area contributed by atoms with E-state index in [0.29, 0.717) is 16.7 Å². The second-order valence-electron chi connectivity index (χ2n) is 3.88. The maximum absolute atomic E-state index is 5.82. The average Bonchev–Trinajstić information content (AvgIpc) is 3.11. The van der Waals surface area contributed by atoms with Crippen LogP contribution in [0.3, 0.4) is 0 Å². The number of rotatable bonds is 4. The molecule has 0 N–H and O–H groups in total. The molecule has 0 aliphatic rings. The molecule has 8 heteroatoms. The molecule has 0 unspecified atom stereocenters. The average molecular weight is 305 g/mol. The fourth-order valence-electron chi connectivity index (χ4n) is 1.49. The summed E-state index contributed by atoms with van der Waals surface area (Å²) in [5.74, 6) is 0. The van der Waals surface area contributed by atoms with E-state index in [9.17, 15) is 0 Å². The third-order valence-corrected chi connectivity index (χ3v) is 3.48. The molecular formula is C12H9ClN6S. The minimum absolute atomic E-state index is 0.550. The van der Waals surface area contributed by atoms with Crippen LogP contribution in [0.2, 0.25) is 5.02 Å². The first-order valence-electron chi connectivity index (χ1n) is 5.74. The Hall–Kier alpha value is -2.12. The topological polar surface area (TPSA) is 68.8 Å². The molecule has 0 aliphatic carbocycles. The highest BCUT2D eigenvalue weighted by molar-refractivity contribution is 7.14. The van der Waals surface area contributed by atoms with Crippen molar-refractivity contribution in [2.24, 2.45) is 4.99 Å². The number of hydrogen-bond acceptors (Lipinski definition) is 6. The molecule has 6 nitrogen and oxygen atoms in total. The van der Waals surface area contributed by atoms with E-state index in [1.807, 2.05) is 24.3 Å². The smallest absolute Gasteiger partial charge is 0.231 e. The van der Waals surface area contributed by atoms with Crippen molar-refractivity contribution in [2.45, 2.75) is 6.54 Å². The summed E-state index contributed by atoms with van der Waals surface area (Å²) in [4.78, 5) is 8.16. The molecule has 0 radical (unpaired) electrons. The van der Waals surface area contributed by atoms with E-state index in [-0.39, 0.29) is 0 Å². The normalized spacial score (nSPS) is 11.2. The fourth-order valence-corrected chi connectivity index (χ4v) is 2.29. The molecule has 0 saturated heterocycles. The first-order chi connectivity index (χ1) is 9.79. The predicted molar refractivity (Wildman–Crippen MR) is 77.7 cm³/mol. The van der Waals surface area contributed by atoms with Crippen molar-refractivity contribution in [3.63, 3.8) is 0 Å². The number of nitrogens with zero attached hydrogens (tertiary/aromatic N) is 6. The lowest BCUT2D eigenvalue weighted by molar-refractivity contribution is 0.675. The molecule has 0 atom stereocenters. The van der Waals surface area contributed by atoms with E-state index in [2.05, 4.69) is 25.3 Å². The zero-order valence-electron chi connectivity index (χ0n) is 10.2. The van der Waals surface area contributed by atoms with Crippen LogP contribution >= 0.6 is 22.9 Å². The maximum atomic E-state index is 5.82. The number of aromatic nitrogens is 5. The third kappa shape index (κ3) is 3.25. The summed E-state index contributed by atoms with van der Waals surface area (Å²) in [5, 5.41) is 14.2. The van der Waals surface area contributed by atoms with E-state index in [4.69, 9.17) is 11.6 Å². The van der Waals surface area contributed by atoms with Crippen LogP contribution in [0.25, 0.3) is 0 Å². The fraction of sp³-hybridized carbons (Fsp3) is 0.0833. The second-order valence-corrected chi connectivity index (χ2v) is 5.36. The van der Waals surface area contributed by atoms with Gasteiger partial charge in [0.1, 0.15) is 17.7 Å². The molecule has 0 amide bonds. The van der Waals surface area contributed by atoms with Crippen molar-refractivity contribution in [1.82, 2.24) is 25.0 Å². The van der Waals surface area contributed by atoms with Gasteiger partial charge in [0.2, 0.25) is 5.13 Å². The second kappa shape index (κ2) is 5.89. The Kier molecular flexibility index (Phi) is 3.80. The molecule has 3 aromatic rings. The summed E-state index contributed by atoms with van der Waals surface area (Å²) in [6, 6.07) is 7.42. The van der Waals surface area contributed by atoms with Crippen molar-refractivity contribution in [2.75, 3.05) is 0 Å². The maximum Gasteiger partial charge on any atom is 0.231 e. The summed E-state index contributed by atoms with van der Waals surface area (Å²) >= 11 is 7.24. The zero-order valence-corrected chi connectivity index (χ0v) is 11.8. The molecule has 0 fully saturated rings. The Bertz CT molecular complexity index is 704. The number of benzene rings is 1. The largest absolute Gasteiger partial charge is 0.246 e. The van der Waals surface area contributed by atoms with Gasteiger partial charge in [-0.1, -0.05) is 35.1 Å². The van der Waals surface area contributed by atoms with Gasteiger partial charge in [-0.25, -0.2) is 14.7 Å². The van der Waals surface area contributed by atoms with Crippen LogP contribution in [-0.2, 0) is 6.54 Å². The van der Waals surface area contributed by atoms with Crippen LogP contribution in [0.15, 0.2) is 41.9 Å². The lowest BCUT2D eigenvalue weighted by atomic mass is 10.2. The van der Waals surface area contributed by atoms with Gasteiger partial charge in [-0.15, -0.1) is 10.2 Å². The minimum atomic E-state index is 0.550. The van der Waals surface area contributed by atoms with Gasteiger partial charge in [-0.2, -0.15) is 5.10 Å². The van der Waals surface area contributed by atoms with Crippen LogP contribution in [0, 0.1) is 0 Å². The molecular weight excluding hydrogens is 296 g/mol. The third-order valence-electron chi connectivity index (χ3n) is 2.41. The van der Waals surface area contributed by atoms with E-state index in [0.717, 1.165) is 10.6 Å². The summed E-state index contributed by atoms with van der Waals surface area (Å²) in [7, 11) is 0. The zero-order chi connectivity index (χ0) is 13.8. The van der Waals surface area contributed by atoms with E-state index in [1.54, 1.807) is 17.2 Å². The Morgan fingerprint density at radius 2 is 2.10 bits per heavy atom. The standard InChI is InChI=1S/C12H9ClN6S/c13-10-3-1-9(2-4-10)5-15-12-18-17-11(20-12)6-19-8-14-7-16-19/h1-5,7-8H,6H2/b15-5+. The Morgan fingerprint density at radius 1 is 1.25 bits per heavy atom. The molecule has 20 heavy (non-hydrogen) atoms. The van der Waals surface area contributed by atoms with E-state index in [1.165, 1.54) is 17.7 Å². The number of aliphatic imine (C=N–C) groups is 1. The van der Waals surface area contributed by atoms with Gasteiger partial charge in [-0.05, 0) is 17.7 Å². The van der Waals surface area contributed by atoms with E-state index >= 15 is 0 Å². The molecule has 3 rings (SSSR count). The van der Waals surface area contributed by atoms with Crippen LogP contribution < -0.4 is 0 Å². The Balaban J connectivity index is 1.69. The van der Waals surface area contributed by atoms with E-state index < -0.39 is 0 Å². The van der Waals surface area contributed by atoms with Crippen molar-refractivity contribution >= 4 is 34.3 Å². The Morgan fingerprint density at radius 3 is 2.85 bits per heavy atom. The lowest BCUT2D eigenvalue weighted by Gasteiger charge is -1.92. The molecule has 0 spiro atoms. The highest BCUT2D eigenvalue weighted by Crippen LogP contribution is 2.19. The van der Waals surface area contributed by atoms with Gasteiger partial charge < -0.3 is 0 Å². The molecule has 0 bridgehead atoms. The first kappa shape index (κ1) is 12.9. The van der Waals surface area contributed by atoms with Gasteiger partial charge >= 0.3 is 0 Å². The predicted octanol–water partition coefficient (Wildman–Crippen LogP) is 2.58. The lowest BCUT2D eigenvalue weighted by Crippen LogP contribution is -1.99. The van der Waals surface area contributed by atoms with Crippen molar-refractivity contribution in [1.29, 1.82) is 0 Å². The first-order valence-corrected chi connectivity index (χ1v) is 6.93. The van der Waals surface area contributed by atoms with Crippen LogP contribution in [0.1, 0.15) is 10.6 Å². The van der Waals surface area contributed by atoms with Gasteiger partial charge in [0.05, 0.1) is 6.54 Å². The molecule has 0 saturated carbocycles. The number of hydrogen-bond donors (Lipinski definition) is 0. The van der Waals surface area contributed by atoms with Gasteiger partial charge in [0.25, 0.3) is 0 Å². The van der Waals surface area contributed by atoms with Crippen LogP contribution in [0.4, 0.5) is 5.13 Å². The summed E-state index contributed by atoms with van der Waals surface area (Å²) < 4.78 is 1.69.